The van der Waals surface area contributed by atoms with Crippen LogP contribution in [0.15, 0.2) is 36.7 Å². The van der Waals surface area contributed by atoms with Gasteiger partial charge in [-0.1, -0.05) is 18.2 Å². The maximum Gasteiger partial charge on any atom is 0.220 e. The van der Waals surface area contributed by atoms with Crippen molar-refractivity contribution < 1.29 is 4.79 Å². The number of rotatable bonds is 6. The van der Waals surface area contributed by atoms with Gasteiger partial charge in [0.2, 0.25) is 5.91 Å². The fourth-order valence-corrected chi connectivity index (χ4v) is 2.76. The first-order chi connectivity index (χ1) is 11.2. The molecule has 0 aliphatic heterocycles. The smallest absolute Gasteiger partial charge is 0.220 e. The van der Waals surface area contributed by atoms with Crippen LogP contribution in [-0.2, 0) is 24.3 Å². The SMILES string of the molecule is CCn1cc(CNC(=O)CCc2c[nH]c3ccccc23)c(C)n1. The molecule has 2 N–H and O–H groups in total. The first-order valence-corrected chi connectivity index (χ1v) is 8.02. The van der Waals surface area contributed by atoms with Crippen molar-refractivity contribution in [3.05, 3.63) is 53.5 Å². The second-order valence-corrected chi connectivity index (χ2v) is 5.73. The predicted octanol–water partition coefficient (Wildman–Crippen LogP) is 2.94. The van der Waals surface area contributed by atoms with Crippen molar-refractivity contribution in [1.29, 1.82) is 0 Å². The molecule has 120 valence electrons. The summed E-state index contributed by atoms with van der Waals surface area (Å²) in [5.41, 5.74) is 4.35. The van der Waals surface area contributed by atoms with E-state index in [2.05, 4.69) is 28.4 Å². The molecular formula is C18H22N4O. The first-order valence-electron chi connectivity index (χ1n) is 8.02. The van der Waals surface area contributed by atoms with E-state index < -0.39 is 0 Å². The normalized spacial score (nSPS) is 11.0. The second-order valence-electron chi connectivity index (χ2n) is 5.73. The zero-order valence-electron chi connectivity index (χ0n) is 13.6. The summed E-state index contributed by atoms with van der Waals surface area (Å²) in [6.45, 7) is 5.41. The molecular weight excluding hydrogens is 288 g/mol. The van der Waals surface area contributed by atoms with Gasteiger partial charge < -0.3 is 10.3 Å². The van der Waals surface area contributed by atoms with E-state index in [0.717, 1.165) is 29.7 Å². The van der Waals surface area contributed by atoms with Crippen molar-refractivity contribution in [2.75, 3.05) is 0 Å². The third kappa shape index (κ3) is 3.44. The Morgan fingerprint density at radius 3 is 2.91 bits per heavy atom. The molecule has 0 aliphatic rings. The van der Waals surface area contributed by atoms with Gasteiger partial charge in [0, 0.05) is 48.4 Å². The Bertz CT molecular complexity index is 815. The minimum atomic E-state index is 0.0685. The van der Waals surface area contributed by atoms with Crippen molar-refractivity contribution in [2.45, 2.75) is 39.8 Å². The van der Waals surface area contributed by atoms with Gasteiger partial charge in [-0.3, -0.25) is 9.48 Å². The summed E-state index contributed by atoms with van der Waals surface area (Å²) in [4.78, 5) is 15.3. The zero-order valence-corrected chi connectivity index (χ0v) is 13.6. The molecule has 0 radical (unpaired) electrons. The highest BCUT2D eigenvalue weighted by molar-refractivity contribution is 5.84. The van der Waals surface area contributed by atoms with Crippen LogP contribution in [0.25, 0.3) is 10.9 Å². The van der Waals surface area contributed by atoms with E-state index in [1.807, 2.05) is 42.2 Å². The summed E-state index contributed by atoms with van der Waals surface area (Å²) in [6, 6.07) is 8.16. The van der Waals surface area contributed by atoms with Crippen LogP contribution >= 0.6 is 0 Å². The molecule has 3 aromatic rings. The highest BCUT2D eigenvalue weighted by Gasteiger charge is 2.08. The highest BCUT2D eigenvalue weighted by Crippen LogP contribution is 2.18. The number of benzene rings is 1. The van der Waals surface area contributed by atoms with E-state index in [9.17, 15) is 4.79 Å². The average Bonchev–Trinajstić information content (AvgIpc) is 3.14. The van der Waals surface area contributed by atoms with Crippen molar-refractivity contribution in [2.24, 2.45) is 0 Å². The van der Waals surface area contributed by atoms with Gasteiger partial charge in [0.1, 0.15) is 0 Å². The summed E-state index contributed by atoms with van der Waals surface area (Å²) in [7, 11) is 0. The van der Waals surface area contributed by atoms with E-state index >= 15 is 0 Å². The van der Waals surface area contributed by atoms with Crippen molar-refractivity contribution in [3.63, 3.8) is 0 Å². The highest BCUT2D eigenvalue weighted by atomic mass is 16.1. The van der Waals surface area contributed by atoms with Crippen molar-refractivity contribution in [1.82, 2.24) is 20.1 Å². The number of fused-ring (bicyclic) bond motifs is 1. The summed E-state index contributed by atoms with van der Waals surface area (Å²) >= 11 is 0. The van der Waals surface area contributed by atoms with Crippen LogP contribution in [0, 0.1) is 6.92 Å². The lowest BCUT2D eigenvalue weighted by atomic mass is 10.1. The summed E-state index contributed by atoms with van der Waals surface area (Å²) in [5.74, 6) is 0.0685. The fourth-order valence-electron chi connectivity index (χ4n) is 2.76. The molecule has 0 unspecified atom stereocenters. The number of hydrogen-bond acceptors (Lipinski definition) is 2. The minimum Gasteiger partial charge on any atom is -0.361 e. The van der Waals surface area contributed by atoms with Crippen LogP contribution in [0.1, 0.15) is 30.2 Å². The standard InChI is InChI=1S/C18H22N4O/c1-3-22-12-15(13(2)21-22)11-20-18(23)9-8-14-10-19-17-7-5-4-6-16(14)17/h4-7,10,12,19H,3,8-9,11H2,1-2H3,(H,20,23). The lowest BCUT2D eigenvalue weighted by Crippen LogP contribution is -2.23. The van der Waals surface area contributed by atoms with Crippen molar-refractivity contribution >= 4 is 16.8 Å². The molecule has 5 nitrogen and oxygen atoms in total. The number of H-pyrrole nitrogens is 1. The molecule has 1 aromatic carbocycles. The largest absolute Gasteiger partial charge is 0.361 e. The minimum absolute atomic E-state index is 0.0685. The van der Waals surface area contributed by atoms with Gasteiger partial charge in [-0.05, 0) is 31.9 Å². The summed E-state index contributed by atoms with van der Waals surface area (Å²) < 4.78 is 1.89. The number of carbonyl (C=O) groups is 1. The topological polar surface area (TPSA) is 62.7 Å². The first kappa shape index (κ1) is 15.3. The molecule has 0 bridgehead atoms. The van der Waals surface area contributed by atoms with Gasteiger partial charge in [-0.25, -0.2) is 0 Å². The number of carbonyl (C=O) groups excluding carboxylic acids is 1. The van der Waals surface area contributed by atoms with Crippen LogP contribution in [0.3, 0.4) is 0 Å². The molecule has 0 atom stereocenters. The maximum atomic E-state index is 12.1. The Morgan fingerprint density at radius 1 is 1.30 bits per heavy atom. The van der Waals surface area contributed by atoms with E-state index in [0.29, 0.717) is 13.0 Å². The van der Waals surface area contributed by atoms with Crippen LogP contribution in [0.4, 0.5) is 0 Å². The monoisotopic (exact) mass is 310 g/mol. The predicted molar refractivity (Wildman–Crippen MR) is 91.1 cm³/mol. The molecule has 2 aromatic heterocycles. The lowest BCUT2D eigenvalue weighted by molar-refractivity contribution is -0.121. The zero-order chi connectivity index (χ0) is 16.2. The molecule has 0 saturated carbocycles. The number of aromatic nitrogens is 3. The number of aryl methyl sites for hydroxylation is 3. The van der Waals surface area contributed by atoms with Gasteiger partial charge in [-0.2, -0.15) is 5.10 Å². The van der Waals surface area contributed by atoms with Crippen LogP contribution in [0.2, 0.25) is 0 Å². The van der Waals surface area contributed by atoms with E-state index in [4.69, 9.17) is 0 Å². The Hall–Kier alpha value is -2.56. The number of hydrogen-bond donors (Lipinski definition) is 2. The van der Waals surface area contributed by atoms with E-state index in [1.165, 1.54) is 10.9 Å². The molecule has 2 heterocycles. The quantitative estimate of drug-likeness (QED) is 0.735. The number of para-hydroxylation sites is 1. The maximum absolute atomic E-state index is 12.1. The molecule has 0 spiro atoms. The third-order valence-electron chi connectivity index (χ3n) is 4.14. The third-order valence-corrected chi connectivity index (χ3v) is 4.14. The molecule has 0 saturated heterocycles. The Balaban J connectivity index is 1.54. The van der Waals surface area contributed by atoms with Gasteiger partial charge in [-0.15, -0.1) is 0 Å². The second kappa shape index (κ2) is 6.69. The van der Waals surface area contributed by atoms with Gasteiger partial charge in [0.25, 0.3) is 0 Å². The van der Waals surface area contributed by atoms with Crippen LogP contribution in [-0.4, -0.2) is 20.7 Å². The van der Waals surface area contributed by atoms with Crippen molar-refractivity contribution in [3.8, 4) is 0 Å². The molecule has 23 heavy (non-hydrogen) atoms. The van der Waals surface area contributed by atoms with E-state index in [1.54, 1.807) is 0 Å². The van der Waals surface area contributed by atoms with Gasteiger partial charge in [0.05, 0.1) is 5.69 Å². The molecule has 1 amide bonds. The van der Waals surface area contributed by atoms with Gasteiger partial charge >= 0.3 is 0 Å². The number of amides is 1. The van der Waals surface area contributed by atoms with E-state index in [-0.39, 0.29) is 5.91 Å². The molecule has 3 rings (SSSR count). The Labute approximate surface area is 135 Å². The molecule has 5 heteroatoms. The summed E-state index contributed by atoms with van der Waals surface area (Å²) in [5, 5.41) is 8.57. The Morgan fingerprint density at radius 2 is 2.13 bits per heavy atom. The summed E-state index contributed by atoms with van der Waals surface area (Å²) in [6.07, 6.45) is 5.22. The molecule has 0 fully saturated rings. The molecule has 0 aliphatic carbocycles. The van der Waals surface area contributed by atoms with Crippen LogP contribution in [0.5, 0.6) is 0 Å². The number of nitrogens with one attached hydrogen (secondary N) is 2. The lowest BCUT2D eigenvalue weighted by Gasteiger charge is -2.04. The fraction of sp³-hybridized carbons (Fsp3) is 0.333. The Kier molecular flexibility index (Phi) is 4.46. The average molecular weight is 310 g/mol. The number of nitrogens with zero attached hydrogens (tertiary/aromatic N) is 2. The van der Waals surface area contributed by atoms with Crippen LogP contribution < -0.4 is 5.32 Å². The van der Waals surface area contributed by atoms with Gasteiger partial charge in [0.15, 0.2) is 0 Å². The number of aromatic amines is 1.